The summed E-state index contributed by atoms with van der Waals surface area (Å²) in [5, 5.41) is 0. The zero-order valence-corrected chi connectivity index (χ0v) is 33.2. The molecule has 9 aromatic rings. The predicted molar refractivity (Wildman–Crippen MR) is 246 cm³/mol. The lowest BCUT2D eigenvalue weighted by Gasteiger charge is -2.31. The molecule has 9 aromatic carbocycles. The van der Waals surface area contributed by atoms with Crippen LogP contribution in [0.1, 0.15) is 47.2 Å². The van der Waals surface area contributed by atoms with E-state index in [0.717, 1.165) is 17.1 Å². The summed E-state index contributed by atoms with van der Waals surface area (Å²) in [5.74, 6) is 0. The van der Waals surface area contributed by atoms with Crippen LogP contribution in [0, 0.1) is 0 Å². The molecule has 0 atom stereocenters. The topological polar surface area (TPSA) is 3.24 Å². The van der Waals surface area contributed by atoms with E-state index in [1.807, 2.05) is 0 Å². The van der Waals surface area contributed by atoms with Crippen LogP contribution in [0.15, 0.2) is 212 Å². The van der Waals surface area contributed by atoms with E-state index < -0.39 is 0 Å². The number of hydrogen-bond donors (Lipinski definition) is 0. The van der Waals surface area contributed by atoms with E-state index in [4.69, 9.17) is 0 Å². The van der Waals surface area contributed by atoms with Gasteiger partial charge in [0, 0.05) is 22.5 Å². The first-order valence-electron chi connectivity index (χ1n) is 20.8. The largest absolute Gasteiger partial charge is 0.310 e. The Kier molecular flexibility index (Phi) is 7.26. The smallest absolute Gasteiger partial charge is 0.0725 e. The van der Waals surface area contributed by atoms with E-state index >= 15 is 0 Å². The van der Waals surface area contributed by atoms with Gasteiger partial charge in [0.1, 0.15) is 0 Å². The van der Waals surface area contributed by atoms with Crippen molar-refractivity contribution in [1.29, 1.82) is 0 Å². The molecule has 3 aliphatic rings. The van der Waals surface area contributed by atoms with E-state index in [0.29, 0.717) is 0 Å². The van der Waals surface area contributed by atoms with E-state index in [2.05, 4.69) is 231 Å². The van der Waals surface area contributed by atoms with Crippen molar-refractivity contribution in [2.24, 2.45) is 0 Å². The van der Waals surface area contributed by atoms with Gasteiger partial charge in [0.25, 0.3) is 0 Å². The minimum atomic E-state index is -0.378. The van der Waals surface area contributed by atoms with Crippen LogP contribution in [0.3, 0.4) is 0 Å². The fourth-order valence-electron chi connectivity index (χ4n) is 10.9. The maximum Gasteiger partial charge on any atom is 0.0725 e. The Morgan fingerprint density at radius 1 is 0.288 bits per heavy atom. The lowest BCUT2D eigenvalue weighted by atomic mass is 9.70. The summed E-state index contributed by atoms with van der Waals surface area (Å²) >= 11 is 0. The van der Waals surface area contributed by atoms with E-state index in [1.165, 1.54) is 89.0 Å². The van der Waals surface area contributed by atoms with Crippen molar-refractivity contribution in [3.05, 3.63) is 246 Å². The van der Waals surface area contributed by atoms with Crippen molar-refractivity contribution in [3.63, 3.8) is 0 Å². The Bertz CT molecular complexity index is 3070. The molecule has 0 saturated carbocycles. The number of fused-ring (bicyclic) bond motifs is 13. The summed E-state index contributed by atoms with van der Waals surface area (Å²) in [6, 6.07) is 79.1. The van der Waals surface area contributed by atoms with Crippen molar-refractivity contribution < 1.29 is 0 Å². The Morgan fingerprint density at radius 3 is 1.32 bits per heavy atom. The third kappa shape index (κ3) is 4.73. The minimum absolute atomic E-state index is 0.129. The van der Waals surface area contributed by atoms with Crippen molar-refractivity contribution in [3.8, 4) is 55.6 Å². The molecule has 0 unspecified atom stereocenters. The third-order valence-electron chi connectivity index (χ3n) is 13.5. The molecule has 0 saturated heterocycles. The Morgan fingerprint density at radius 2 is 0.712 bits per heavy atom. The van der Waals surface area contributed by atoms with Crippen LogP contribution in [-0.2, 0) is 10.8 Å². The summed E-state index contributed by atoms with van der Waals surface area (Å²) < 4.78 is 0. The zero-order chi connectivity index (χ0) is 39.3. The lowest BCUT2D eigenvalue weighted by molar-refractivity contribution is 0.660. The van der Waals surface area contributed by atoms with Crippen LogP contribution in [0.25, 0.3) is 55.6 Å². The molecule has 12 rings (SSSR count). The number of nitrogens with zero attached hydrogens (tertiary/aromatic N) is 1. The summed E-state index contributed by atoms with van der Waals surface area (Å²) in [6.07, 6.45) is 0. The molecule has 0 N–H and O–H groups in total. The maximum absolute atomic E-state index is 2.47. The van der Waals surface area contributed by atoms with Gasteiger partial charge >= 0.3 is 0 Å². The predicted octanol–water partition coefficient (Wildman–Crippen LogP) is 15.1. The monoisotopic (exact) mass is 751 g/mol. The minimum Gasteiger partial charge on any atom is -0.310 e. The van der Waals surface area contributed by atoms with Gasteiger partial charge in [-0.1, -0.05) is 190 Å². The number of rotatable bonds is 5. The number of anilines is 3. The van der Waals surface area contributed by atoms with Crippen LogP contribution >= 0.6 is 0 Å². The second-order valence-corrected chi connectivity index (χ2v) is 16.8. The molecule has 0 fully saturated rings. The summed E-state index contributed by atoms with van der Waals surface area (Å²) in [7, 11) is 0. The summed E-state index contributed by atoms with van der Waals surface area (Å²) in [5.41, 5.74) is 23.9. The fraction of sp³-hybridized carbons (Fsp3) is 0.0690. The van der Waals surface area contributed by atoms with Crippen molar-refractivity contribution in [2.75, 3.05) is 4.90 Å². The molecular formula is C58H41N. The molecule has 0 aliphatic heterocycles. The molecule has 0 amide bonds. The Balaban J connectivity index is 1.08. The lowest BCUT2D eigenvalue weighted by Crippen LogP contribution is -2.25. The molecule has 59 heavy (non-hydrogen) atoms. The Labute approximate surface area is 346 Å². The fourth-order valence-corrected chi connectivity index (χ4v) is 10.9. The van der Waals surface area contributed by atoms with Crippen LogP contribution in [0.4, 0.5) is 17.1 Å². The SMILES string of the molecule is CC1(C)c2ccc(N(c3ccc(-c4ccccc4)cc3)c3ccc4c(c3)-c3ccccc3C43c4ccccc4-c4ccccc43)cc2-c2c(-c3ccccc3)cccc21. The van der Waals surface area contributed by atoms with Gasteiger partial charge in [-0.25, -0.2) is 0 Å². The first kappa shape index (κ1) is 33.9. The normalized spacial score (nSPS) is 14.2. The molecule has 0 aromatic heterocycles. The standard InChI is InChI=1S/C58H41N/c1-57(2)50-34-32-43(37-49(50)56-44(23-15-27-55(56)57)40-18-7-4-8-19-40)59(41-30-28-39(29-31-41)38-16-5-3-6-17-38)42-33-35-54-48(36-42)47-22-11-14-26-53(47)58(54)51-24-12-9-20-45(51)46-21-10-13-25-52(46)58/h3-37H,1-2H3. The highest BCUT2D eigenvalue weighted by Crippen LogP contribution is 2.63. The second-order valence-electron chi connectivity index (χ2n) is 16.8. The highest BCUT2D eigenvalue weighted by molar-refractivity contribution is 5.98. The maximum atomic E-state index is 2.47. The molecule has 3 aliphatic carbocycles. The number of benzene rings is 9. The second kappa shape index (κ2) is 12.6. The average molecular weight is 752 g/mol. The molecular weight excluding hydrogens is 711 g/mol. The summed E-state index contributed by atoms with van der Waals surface area (Å²) in [6.45, 7) is 4.75. The van der Waals surface area contributed by atoms with Crippen LogP contribution in [-0.4, -0.2) is 0 Å². The molecule has 278 valence electrons. The van der Waals surface area contributed by atoms with Crippen molar-refractivity contribution >= 4 is 17.1 Å². The highest BCUT2D eigenvalue weighted by atomic mass is 15.1. The van der Waals surface area contributed by atoms with Gasteiger partial charge in [-0.2, -0.15) is 0 Å². The average Bonchev–Trinajstić information content (AvgIpc) is 3.85. The van der Waals surface area contributed by atoms with Crippen LogP contribution in [0.2, 0.25) is 0 Å². The van der Waals surface area contributed by atoms with Gasteiger partial charge in [-0.15, -0.1) is 0 Å². The van der Waals surface area contributed by atoms with Gasteiger partial charge in [0.15, 0.2) is 0 Å². The molecule has 0 radical (unpaired) electrons. The first-order valence-corrected chi connectivity index (χ1v) is 20.8. The molecule has 1 nitrogen and oxygen atoms in total. The zero-order valence-electron chi connectivity index (χ0n) is 33.2. The van der Waals surface area contributed by atoms with Gasteiger partial charge in [-0.05, 0) is 125 Å². The molecule has 0 heterocycles. The third-order valence-corrected chi connectivity index (χ3v) is 13.5. The number of hydrogen-bond acceptors (Lipinski definition) is 1. The quantitative estimate of drug-likeness (QED) is 0.169. The van der Waals surface area contributed by atoms with Gasteiger partial charge in [0.05, 0.1) is 5.41 Å². The van der Waals surface area contributed by atoms with E-state index in [-0.39, 0.29) is 10.8 Å². The summed E-state index contributed by atoms with van der Waals surface area (Å²) in [4.78, 5) is 2.47. The first-order chi connectivity index (χ1) is 29.0. The van der Waals surface area contributed by atoms with E-state index in [9.17, 15) is 0 Å². The van der Waals surface area contributed by atoms with Gasteiger partial charge < -0.3 is 4.90 Å². The molecule has 0 bridgehead atoms. The van der Waals surface area contributed by atoms with Crippen LogP contribution in [0.5, 0.6) is 0 Å². The highest BCUT2D eigenvalue weighted by Gasteiger charge is 2.51. The van der Waals surface area contributed by atoms with Crippen LogP contribution < -0.4 is 4.90 Å². The Hall–Kier alpha value is -7.22. The molecule has 1 spiro atoms. The van der Waals surface area contributed by atoms with E-state index in [1.54, 1.807) is 0 Å². The van der Waals surface area contributed by atoms with Crippen molar-refractivity contribution in [2.45, 2.75) is 24.7 Å². The van der Waals surface area contributed by atoms with Crippen molar-refractivity contribution in [1.82, 2.24) is 0 Å². The van der Waals surface area contributed by atoms with Gasteiger partial charge in [0.2, 0.25) is 0 Å². The molecule has 1 heteroatoms. The van der Waals surface area contributed by atoms with Gasteiger partial charge in [-0.3, -0.25) is 0 Å².